The molecule has 1 aromatic rings. The maximum Gasteiger partial charge on any atom is 0.234 e. The van der Waals surface area contributed by atoms with Crippen LogP contribution in [0.1, 0.15) is 39.4 Å². The number of hydrogen-bond donors (Lipinski definition) is 1. The predicted octanol–water partition coefficient (Wildman–Crippen LogP) is 3.08. The molecule has 5 nitrogen and oxygen atoms in total. The van der Waals surface area contributed by atoms with E-state index in [1.165, 1.54) is 0 Å². The minimum absolute atomic E-state index is 0.130. The first-order valence-corrected chi connectivity index (χ1v) is 8.01. The number of anilines is 1. The zero-order chi connectivity index (χ0) is 15.6. The van der Waals surface area contributed by atoms with Gasteiger partial charge in [0.05, 0.1) is 10.2 Å². The molecule has 3 unspecified atom stereocenters. The smallest absolute Gasteiger partial charge is 0.234 e. The molecule has 1 amide bonds. The highest BCUT2D eigenvalue weighted by atomic mass is 79.9. The molecule has 6 heteroatoms. The largest absolute Gasteiger partial charge is 0.360 e. The van der Waals surface area contributed by atoms with Crippen LogP contribution in [0.5, 0.6) is 0 Å². The van der Waals surface area contributed by atoms with Crippen LogP contribution in [0.15, 0.2) is 10.6 Å². The molecule has 0 spiro atoms. The number of halogens is 1. The number of rotatable bonds is 2. The van der Waals surface area contributed by atoms with E-state index in [4.69, 9.17) is 4.52 Å². The molecule has 1 heterocycles. The Morgan fingerprint density at radius 3 is 2.57 bits per heavy atom. The van der Waals surface area contributed by atoms with E-state index in [0.29, 0.717) is 18.0 Å². The summed E-state index contributed by atoms with van der Waals surface area (Å²) in [7, 11) is 0. The van der Waals surface area contributed by atoms with E-state index in [1.807, 2.05) is 20.8 Å². The van der Waals surface area contributed by atoms with Crippen LogP contribution in [-0.2, 0) is 9.59 Å². The maximum atomic E-state index is 12.9. The fourth-order valence-corrected chi connectivity index (χ4v) is 5.62. The third kappa shape index (κ3) is 1.54. The molecule has 0 radical (unpaired) electrons. The van der Waals surface area contributed by atoms with Crippen molar-refractivity contribution in [3.8, 4) is 0 Å². The lowest BCUT2D eigenvalue weighted by atomic mass is 9.64. The van der Waals surface area contributed by atoms with Crippen LogP contribution in [-0.4, -0.2) is 21.7 Å². The second kappa shape index (κ2) is 4.18. The standard InChI is InChI=1S/C15H19BrN2O3/c1-8-7-9(18-21-8)17-12(20)15-6-5-14(4,13(15,2)3)11(19)10(15)16/h7,10H,5-6H2,1-4H3,(H,17,18,20). The Labute approximate surface area is 132 Å². The van der Waals surface area contributed by atoms with Crippen molar-refractivity contribution in [2.75, 3.05) is 5.32 Å². The molecule has 0 saturated heterocycles. The number of nitrogens with zero attached hydrogens (tertiary/aromatic N) is 1. The van der Waals surface area contributed by atoms with E-state index in [0.717, 1.165) is 6.42 Å². The van der Waals surface area contributed by atoms with Gasteiger partial charge in [-0.1, -0.05) is 41.9 Å². The van der Waals surface area contributed by atoms with E-state index in [-0.39, 0.29) is 11.7 Å². The molecule has 21 heavy (non-hydrogen) atoms. The highest BCUT2D eigenvalue weighted by Crippen LogP contribution is 2.72. The van der Waals surface area contributed by atoms with Gasteiger partial charge in [0, 0.05) is 11.5 Å². The lowest BCUT2D eigenvalue weighted by molar-refractivity contribution is -0.130. The van der Waals surface area contributed by atoms with Crippen molar-refractivity contribution in [3.05, 3.63) is 11.8 Å². The van der Waals surface area contributed by atoms with E-state index in [9.17, 15) is 9.59 Å². The molecule has 2 aliphatic rings. The number of carbonyl (C=O) groups is 2. The van der Waals surface area contributed by atoms with Crippen molar-refractivity contribution in [3.63, 3.8) is 0 Å². The summed E-state index contributed by atoms with van der Waals surface area (Å²) < 4.78 is 4.98. The summed E-state index contributed by atoms with van der Waals surface area (Å²) in [5.74, 6) is 1.01. The molecular weight excluding hydrogens is 336 g/mol. The number of amides is 1. The molecular formula is C15H19BrN2O3. The number of fused-ring (bicyclic) bond motifs is 2. The molecule has 0 aliphatic heterocycles. The summed E-state index contributed by atoms with van der Waals surface area (Å²) in [6.07, 6.45) is 1.44. The quantitative estimate of drug-likeness (QED) is 0.828. The molecule has 1 N–H and O–H groups in total. The van der Waals surface area contributed by atoms with Crippen LogP contribution in [0, 0.1) is 23.2 Å². The number of carbonyl (C=O) groups excluding carboxylic acids is 2. The van der Waals surface area contributed by atoms with Gasteiger partial charge in [-0.25, -0.2) is 0 Å². The van der Waals surface area contributed by atoms with Crippen LogP contribution in [0.4, 0.5) is 5.82 Å². The Morgan fingerprint density at radius 2 is 2.10 bits per heavy atom. The van der Waals surface area contributed by atoms with Gasteiger partial charge in [-0.3, -0.25) is 9.59 Å². The summed E-state index contributed by atoms with van der Waals surface area (Å²) in [5, 5.41) is 6.63. The minimum Gasteiger partial charge on any atom is -0.360 e. The van der Waals surface area contributed by atoms with Crippen molar-refractivity contribution in [1.29, 1.82) is 0 Å². The third-order valence-electron chi connectivity index (χ3n) is 6.00. The number of ketones is 1. The maximum absolute atomic E-state index is 12.9. The van der Waals surface area contributed by atoms with Crippen LogP contribution >= 0.6 is 15.9 Å². The first-order valence-electron chi connectivity index (χ1n) is 7.10. The summed E-state index contributed by atoms with van der Waals surface area (Å²) in [6, 6.07) is 1.68. The number of alkyl halides is 1. The summed E-state index contributed by atoms with van der Waals surface area (Å²) in [6.45, 7) is 7.79. The van der Waals surface area contributed by atoms with Crippen LogP contribution < -0.4 is 5.32 Å². The number of hydrogen-bond acceptors (Lipinski definition) is 4. The summed E-state index contributed by atoms with van der Waals surface area (Å²) in [5.41, 5.74) is -1.61. The molecule has 1 aromatic heterocycles. The fourth-order valence-electron chi connectivity index (χ4n) is 4.11. The number of Topliss-reactive ketones (excluding diaryl/α,β-unsaturated/α-hetero) is 1. The first kappa shape index (κ1) is 14.8. The van der Waals surface area contributed by atoms with Gasteiger partial charge < -0.3 is 9.84 Å². The van der Waals surface area contributed by atoms with Crippen LogP contribution in [0.2, 0.25) is 0 Å². The summed E-state index contributed by atoms with van der Waals surface area (Å²) >= 11 is 3.49. The molecule has 3 rings (SSSR count). The Kier molecular flexibility index (Phi) is 2.94. The van der Waals surface area contributed by atoms with Gasteiger partial charge >= 0.3 is 0 Å². The van der Waals surface area contributed by atoms with Gasteiger partial charge in [0.25, 0.3) is 0 Å². The molecule has 2 saturated carbocycles. The van der Waals surface area contributed by atoms with Crippen molar-refractivity contribution in [2.45, 2.75) is 45.4 Å². The zero-order valence-electron chi connectivity index (χ0n) is 12.6. The van der Waals surface area contributed by atoms with Crippen molar-refractivity contribution in [2.24, 2.45) is 16.2 Å². The van der Waals surface area contributed by atoms with E-state index >= 15 is 0 Å². The average Bonchev–Trinajstić information content (AvgIpc) is 2.92. The molecule has 2 aliphatic carbocycles. The van der Waals surface area contributed by atoms with Gasteiger partial charge in [-0.05, 0) is 25.2 Å². The Bertz CT molecular complexity index is 639. The Balaban J connectivity index is 2.00. The van der Waals surface area contributed by atoms with Crippen molar-refractivity contribution in [1.82, 2.24) is 5.16 Å². The summed E-state index contributed by atoms with van der Waals surface area (Å²) in [4.78, 5) is 25.1. The molecule has 114 valence electrons. The zero-order valence-corrected chi connectivity index (χ0v) is 14.2. The van der Waals surface area contributed by atoms with Gasteiger partial charge in [0.15, 0.2) is 11.6 Å². The second-order valence-electron chi connectivity index (χ2n) is 6.93. The predicted molar refractivity (Wildman–Crippen MR) is 81.1 cm³/mol. The molecule has 3 atom stereocenters. The monoisotopic (exact) mass is 354 g/mol. The van der Waals surface area contributed by atoms with E-state index in [1.54, 1.807) is 13.0 Å². The van der Waals surface area contributed by atoms with Crippen LogP contribution in [0.3, 0.4) is 0 Å². The first-order chi connectivity index (χ1) is 9.67. The van der Waals surface area contributed by atoms with Crippen molar-refractivity contribution >= 4 is 33.4 Å². The average molecular weight is 355 g/mol. The Hall–Kier alpha value is -1.17. The van der Waals surface area contributed by atoms with Gasteiger partial charge in [-0.15, -0.1) is 0 Å². The minimum atomic E-state index is -0.744. The fraction of sp³-hybridized carbons (Fsp3) is 0.667. The van der Waals surface area contributed by atoms with Crippen LogP contribution in [0.25, 0.3) is 0 Å². The Morgan fingerprint density at radius 1 is 1.43 bits per heavy atom. The molecule has 0 aromatic carbocycles. The van der Waals surface area contributed by atoms with Crippen molar-refractivity contribution < 1.29 is 14.1 Å². The second-order valence-corrected chi connectivity index (χ2v) is 7.85. The number of aryl methyl sites for hydroxylation is 1. The van der Waals surface area contributed by atoms with Gasteiger partial charge in [0.1, 0.15) is 5.76 Å². The van der Waals surface area contributed by atoms with E-state index in [2.05, 4.69) is 26.4 Å². The lowest BCUT2D eigenvalue weighted by Gasteiger charge is -2.39. The van der Waals surface area contributed by atoms with Gasteiger partial charge in [0.2, 0.25) is 5.91 Å². The number of nitrogens with one attached hydrogen (secondary N) is 1. The highest BCUT2D eigenvalue weighted by Gasteiger charge is 2.76. The molecule has 2 fully saturated rings. The van der Waals surface area contributed by atoms with Gasteiger partial charge in [-0.2, -0.15) is 0 Å². The third-order valence-corrected chi connectivity index (χ3v) is 7.19. The lowest BCUT2D eigenvalue weighted by Crippen LogP contribution is -2.48. The SMILES string of the molecule is Cc1cc(NC(=O)C23CCC(C)(C(=O)C2Br)C3(C)C)no1. The normalized spacial score (nSPS) is 37.0. The highest BCUT2D eigenvalue weighted by molar-refractivity contribution is 9.10. The molecule has 2 bridgehead atoms. The topological polar surface area (TPSA) is 72.2 Å². The number of aromatic nitrogens is 1. The van der Waals surface area contributed by atoms with E-state index < -0.39 is 21.1 Å².